The summed E-state index contributed by atoms with van der Waals surface area (Å²) in [4.78, 5) is 24.8. The molecule has 2 fully saturated rings. The lowest BCUT2D eigenvalue weighted by Crippen LogP contribution is -2.22. The van der Waals surface area contributed by atoms with Gasteiger partial charge >= 0.3 is 11.9 Å². The SMILES string of the molecule is CC#CCC(C)C(O)/C=C/[C@@H]1[C@H]2C/C(=C/CCCC(=O)O[C@H](C(=O)OCC)c3ccccc3)C[C@H]2C[C@H]1O. The minimum absolute atomic E-state index is 0.0535. The van der Waals surface area contributed by atoms with Gasteiger partial charge < -0.3 is 19.7 Å². The predicted octanol–water partition coefficient (Wildman–Crippen LogP) is 5.30. The Morgan fingerprint density at radius 1 is 1.21 bits per heavy atom. The number of ether oxygens (including phenoxy) is 2. The summed E-state index contributed by atoms with van der Waals surface area (Å²) in [6.45, 7) is 5.73. The van der Waals surface area contributed by atoms with Gasteiger partial charge in [0.1, 0.15) is 0 Å². The summed E-state index contributed by atoms with van der Waals surface area (Å²) in [5.74, 6) is 5.85. The number of fused-ring (bicyclic) bond motifs is 1. The second kappa shape index (κ2) is 14.9. The van der Waals surface area contributed by atoms with Gasteiger partial charge in [-0.25, -0.2) is 4.79 Å². The van der Waals surface area contributed by atoms with Gasteiger partial charge in [-0.3, -0.25) is 4.79 Å². The molecule has 2 saturated carbocycles. The van der Waals surface area contributed by atoms with Crippen LogP contribution in [0.1, 0.15) is 77.4 Å². The number of carbonyl (C=O) groups excluding carboxylic acids is 2. The first-order valence-electron chi connectivity index (χ1n) is 13.9. The highest BCUT2D eigenvalue weighted by Gasteiger charge is 2.45. The van der Waals surface area contributed by atoms with Crippen molar-refractivity contribution in [3.63, 3.8) is 0 Å². The number of unbranched alkanes of at least 4 members (excludes halogenated alkanes) is 1. The maximum atomic E-state index is 12.5. The molecule has 2 aliphatic rings. The lowest BCUT2D eigenvalue weighted by atomic mass is 9.89. The molecule has 7 atom stereocenters. The number of carbonyl (C=O) groups is 2. The highest BCUT2D eigenvalue weighted by molar-refractivity contribution is 5.80. The lowest BCUT2D eigenvalue weighted by molar-refractivity contribution is -0.168. The number of aliphatic hydroxyl groups is 2. The molecule has 2 unspecified atom stereocenters. The standard InChI is InChI=1S/C32H42O6/c1-4-6-12-22(3)28(33)18-17-26-27-20-23(19-25(27)21-29(26)34)13-10-11-16-30(35)38-31(32(36)37-5-2)24-14-8-7-9-15-24/h7-9,13-15,17-18,22,25-29,31,33-34H,5,10-12,16,19-21H2,1-3H3/b18-17+,23-13+/t22?,25-,26+,27-,28?,29+,31-/m0/s1. The van der Waals surface area contributed by atoms with Crippen molar-refractivity contribution in [3.8, 4) is 11.8 Å². The van der Waals surface area contributed by atoms with E-state index in [4.69, 9.17) is 9.47 Å². The average Bonchev–Trinajstić information content (AvgIpc) is 3.43. The van der Waals surface area contributed by atoms with Crippen LogP contribution in [0.3, 0.4) is 0 Å². The third kappa shape index (κ3) is 8.31. The smallest absolute Gasteiger partial charge is 0.352 e. The maximum Gasteiger partial charge on any atom is 0.352 e. The first-order chi connectivity index (χ1) is 18.3. The van der Waals surface area contributed by atoms with Gasteiger partial charge in [-0.1, -0.05) is 61.1 Å². The summed E-state index contributed by atoms with van der Waals surface area (Å²) in [6.07, 6.45) is 9.06. The van der Waals surface area contributed by atoms with Gasteiger partial charge in [0.05, 0.1) is 18.8 Å². The fraction of sp³-hybridized carbons (Fsp3) is 0.562. The van der Waals surface area contributed by atoms with E-state index in [0.29, 0.717) is 30.2 Å². The highest BCUT2D eigenvalue weighted by Crippen LogP contribution is 2.50. The largest absolute Gasteiger partial charge is 0.463 e. The van der Waals surface area contributed by atoms with Crippen molar-refractivity contribution in [3.05, 3.63) is 59.7 Å². The summed E-state index contributed by atoms with van der Waals surface area (Å²) in [5, 5.41) is 21.1. The van der Waals surface area contributed by atoms with Crippen LogP contribution in [0.25, 0.3) is 0 Å². The molecule has 6 heteroatoms. The van der Waals surface area contributed by atoms with Gasteiger partial charge in [-0.15, -0.1) is 11.8 Å². The van der Waals surface area contributed by atoms with Gasteiger partial charge in [0.25, 0.3) is 0 Å². The molecule has 0 aliphatic heterocycles. The minimum atomic E-state index is -1.05. The predicted molar refractivity (Wildman–Crippen MR) is 147 cm³/mol. The third-order valence-electron chi connectivity index (χ3n) is 7.70. The Bertz CT molecular complexity index is 1030. The average molecular weight is 523 g/mol. The molecule has 2 aliphatic carbocycles. The normalized spacial score (nSPS) is 25.9. The minimum Gasteiger partial charge on any atom is -0.463 e. The van der Waals surface area contributed by atoms with E-state index in [1.165, 1.54) is 5.57 Å². The number of esters is 2. The van der Waals surface area contributed by atoms with Crippen molar-refractivity contribution < 1.29 is 29.3 Å². The van der Waals surface area contributed by atoms with E-state index in [2.05, 4.69) is 17.9 Å². The van der Waals surface area contributed by atoms with E-state index in [-0.39, 0.29) is 31.0 Å². The topological polar surface area (TPSA) is 93.1 Å². The molecule has 0 heterocycles. The molecule has 2 N–H and O–H groups in total. The van der Waals surface area contributed by atoms with Gasteiger partial charge in [-0.05, 0) is 63.7 Å². The highest BCUT2D eigenvalue weighted by atomic mass is 16.6. The zero-order valence-electron chi connectivity index (χ0n) is 22.8. The van der Waals surface area contributed by atoms with Crippen molar-refractivity contribution in [2.75, 3.05) is 6.61 Å². The molecular weight excluding hydrogens is 480 g/mol. The van der Waals surface area contributed by atoms with Crippen molar-refractivity contribution in [2.45, 2.75) is 84.0 Å². The molecule has 0 radical (unpaired) electrons. The van der Waals surface area contributed by atoms with Gasteiger partial charge in [-0.2, -0.15) is 0 Å². The Labute approximate surface area is 227 Å². The molecule has 0 amide bonds. The molecule has 0 bridgehead atoms. The number of rotatable bonds is 12. The molecule has 0 saturated heterocycles. The summed E-state index contributed by atoms with van der Waals surface area (Å²) < 4.78 is 10.6. The van der Waals surface area contributed by atoms with Gasteiger partial charge in [0, 0.05) is 24.3 Å². The van der Waals surface area contributed by atoms with Crippen LogP contribution in [-0.2, 0) is 19.1 Å². The van der Waals surface area contributed by atoms with Crippen LogP contribution in [0.2, 0.25) is 0 Å². The summed E-state index contributed by atoms with van der Waals surface area (Å²) in [6, 6.07) is 8.92. The Hall–Kier alpha value is -2.88. The molecule has 1 aromatic rings. The van der Waals surface area contributed by atoms with Crippen molar-refractivity contribution in [1.82, 2.24) is 0 Å². The van der Waals surface area contributed by atoms with E-state index >= 15 is 0 Å². The molecule has 6 nitrogen and oxygen atoms in total. The Morgan fingerprint density at radius 3 is 2.68 bits per heavy atom. The van der Waals surface area contributed by atoms with Crippen LogP contribution in [0.15, 0.2) is 54.1 Å². The molecule has 3 rings (SSSR count). The van der Waals surface area contributed by atoms with E-state index in [1.54, 1.807) is 38.1 Å². The fourth-order valence-electron chi connectivity index (χ4n) is 5.60. The van der Waals surface area contributed by atoms with Crippen LogP contribution < -0.4 is 0 Å². The third-order valence-corrected chi connectivity index (χ3v) is 7.70. The zero-order valence-corrected chi connectivity index (χ0v) is 22.8. The summed E-state index contributed by atoms with van der Waals surface area (Å²) >= 11 is 0. The number of hydrogen-bond acceptors (Lipinski definition) is 6. The van der Waals surface area contributed by atoms with Crippen LogP contribution in [0.5, 0.6) is 0 Å². The van der Waals surface area contributed by atoms with Gasteiger partial charge in [0.2, 0.25) is 6.10 Å². The van der Waals surface area contributed by atoms with Crippen molar-refractivity contribution in [2.24, 2.45) is 23.7 Å². The molecule has 0 aromatic heterocycles. The number of benzene rings is 1. The zero-order chi connectivity index (χ0) is 27.5. The molecule has 206 valence electrons. The summed E-state index contributed by atoms with van der Waals surface area (Å²) in [5.41, 5.74) is 1.97. The van der Waals surface area contributed by atoms with Crippen molar-refractivity contribution >= 4 is 11.9 Å². The Kier molecular flexibility index (Phi) is 11.6. The molecule has 38 heavy (non-hydrogen) atoms. The first-order valence-corrected chi connectivity index (χ1v) is 13.9. The quantitative estimate of drug-likeness (QED) is 0.167. The fourth-order valence-corrected chi connectivity index (χ4v) is 5.60. The number of allylic oxidation sites excluding steroid dienone is 2. The second-order valence-corrected chi connectivity index (χ2v) is 10.5. The van der Waals surface area contributed by atoms with Crippen LogP contribution in [0.4, 0.5) is 0 Å². The number of aliphatic hydroxyl groups excluding tert-OH is 2. The molecule has 0 spiro atoms. The maximum absolute atomic E-state index is 12.5. The number of hydrogen-bond donors (Lipinski definition) is 2. The molecular formula is C32H42O6. The van der Waals surface area contributed by atoms with E-state index < -0.39 is 24.1 Å². The monoisotopic (exact) mass is 522 g/mol. The van der Waals surface area contributed by atoms with Gasteiger partial charge in [0.15, 0.2) is 0 Å². The van der Waals surface area contributed by atoms with E-state index in [1.807, 2.05) is 25.1 Å². The lowest BCUT2D eigenvalue weighted by Gasteiger charge is -2.19. The Morgan fingerprint density at radius 2 is 1.97 bits per heavy atom. The first kappa shape index (κ1) is 29.7. The molecule has 1 aromatic carbocycles. The van der Waals surface area contributed by atoms with Crippen LogP contribution in [-0.4, -0.2) is 41.0 Å². The second-order valence-electron chi connectivity index (χ2n) is 10.5. The van der Waals surface area contributed by atoms with Crippen LogP contribution >= 0.6 is 0 Å². The van der Waals surface area contributed by atoms with Crippen LogP contribution in [0, 0.1) is 35.5 Å². The van der Waals surface area contributed by atoms with Crippen molar-refractivity contribution in [1.29, 1.82) is 0 Å². The van der Waals surface area contributed by atoms with E-state index in [0.717, 1.165) is 25.7 Å². The van der Waals surface area contributed by atoms with E-state index in [9.17, 15) is 19.8 Å². The summed E-state index contributed by atoms with van der Waals surface area (Å²) in [7, 11) is 0. The Balaban J connectivity index is 1.47.